The number of carbonyl (C=O) groups is 2. The molecule has 0 N–H and O–H groups in total. The van der Waals surface area contributed by atoms with E-state index >= 15 is 0 Å². The van der Waals surface area contributed by atoms with E-state index < -0.39 is 0 Å². The Kier molecular flexibility index (Phi) is 17.1. The van der Waals surface area contributed by atoms with Gasteiger partial charge in [0.1, 0.15) is 0 Å². The highest BCUT2D eigenvalue weighted by Crippen LogP contribution is 1.94. The number of ether oxygens (including phenoxy) is 2. The molecule has 0 aromatic heterocycles. The predicted molar refractivity (Wildman–Crippen MR) is 76.7 cm³/mol. The Bertz CT molecular complexity index is 259. The van der Waals surface area contributed by atoms with Crippen molar-refractivity contribution in [2.45, 2.75) is 46.0 Å². The summed E-state index contributed by atoms with van der Waals surface area (Å²) in [6.45, 7) is 11.7. The second kappa shape index (κ2) is 16.4. The van der Waals surface area contributed by atoms with Crippen molar-refractivity contribution in [1.29, 1.82) is 0 Å². The van der Waals surface area contributed by atoms with Crippen molar-refractivity contribution in [2.75, 3.05) is 13.2 Å². The first-order valence-corrected chi connectivity index (χ1v) is 6.70. The molecule has 0 unspecified atom stereocenters. The number of esters is 2. The zero-order valence-electron chi connectivity index (χ0n) is 12.2. The first-order valence-electron chi connectivity index (χ1n) is 6.70. The van der Waals surface area contributed by atoms with Crippen LogP contribution in [0.4, 0.5) is 0 Å². The molecule has 4 nitrogen and oxygen atoms in total. The molecule has 0 rings (SSSR count). The molecule has 0 aliphatic rings. The molecular formula is C15H26O4. The first kappa shape index (κ1) is 19.8. The average Bonchev–Trinajstić information content (AvgIpc) is 2.44. The van der Waals surface area contributed by atoms with Crippen LogP contribution in [-0.2, 0) is 19.1 Å². The van der Waals surface area contributed by atoms with Crippen molar-refractivity contribution < 1.29 is 19.1 Å². The lowest BCUT2D eigenvalue weighted by molar-refractivity contribution is -0.138. The minimum absolute atomic E-state index is 0.323. The summed E-state index contributed by atoms with van der Waals surface area (Å²) in [7, 11) is 0. The lowest BCUT2D eigenvalue weighted by Crippen LogP contribution is -2.01. The van der Waals surface area contributed by atoms with Crippen LogP contribution in [0.1, 0.15) is 46.0 Å². The normalized spacial score (nSPS) is 8.74. The van der Waals surface area contributed by atoms with E-state index in [-0.39, 0.29) is 11.9 Å². The lowest BCUT2D eigenvalue weighted by atomic mass is 10.3. The maximum Gasteiger partial charge on any atom is 0.330 e. The Morgan fingerprint density at radius 3 is 1.63 bits per heavy atom. The quantitative estimate of drug-likeness (QED) is 0.366. The van der Waals surface area contributed by atoms with Gasteiger partial charge in [0, 0.05) is 12.2 Å². The highest BCUT2D eigenvalue weighted by molar-refractivity contribution is 5.81. The minimum Gasteiger partial charge on any atom is -0.463 e. The van der Waals surface area contributed by atoms with Crippen LogP contribution in [0.25, 0.3) is 0 Å². The van der Waals surface area contributed by atoms with E-state index in [0.717, 1.165) is 32.1 Å². The predicted octanol–water partition coefficient (Wildman–Crippen LogP) is 3.42. The Morgan fingerprint density at radius 1 is 0.842 bits per heavy atom. The molecule has 0 aliphatic heterocycles. The highest BCUT2D eigenvalue weighted by atomic mass is 16.5. The fourth-order valence-electron chi connectivity index (χ4n) is 0.960. The number of carbonyl (C=O) groups excluding carboxylic acids is 2. The zero-order valence-corrected chi connectivity index (χ0v) is 12.2. The van der Waals surface area contributed by atoms with Gasteiger partial charge in [-0.15, -0.1) is 0 Å². The third kappa shape index (κ3) is 19.0. The maximum atomic E-state index is 10.4. The molecule has 0 radical (unpaired) electrons. The van der Waals surface area contributed by atoms with Crippen LogP contribution in [0, 0.1) is 0 Å². The van der Waals surface area contributed by atoms with Crippen LogP contribution in [0.5, 0.6) is 0 Å². The molecule has 0 aromatic rings. The Balaban J connectivity index is 0. The van der Waals surface area contributed by atoms with E-state index in [0.29, 0.717) is 13.2 Å². The summed E-state index contributed by atoms with van der Waals surface area (Å²) >= 11 is 0. The fourth-order valence-corrected chi connectivity index (χ4v) is 0.960. The van der Waals surface area contributed by atoms with Gasteiger partial charge in [-0.25, -0.2) is 9.59 Å². The highest BCUT2D eigenvalue weighted by Gasteiger charge is 1.92. The number of hydrogen-bond donors (Lipinski definition) is 0. The van der Waals surface area contributed by atoms with Gasteiger partial charge in [-0.3, -0.25) is 0 Å². The van der Waals surface area contributed by atoms with Gasteiger partial charge in [-0.2, -0.15) is 0 Å². The molecule has 0 atom stereocenters. The van der Waals surface area contributed by atoms with E-state index in [2.05, 4.69) is 24.8 Å². The standard InChI is InChI=1S/C8H14O2.C7H12O2/c1-3-5-6-7-10-8(9)4-2;1-3-5-6-9-7(8)4-2/h4H,2-3,5-7H2,1H3;4H,2-3,5-6H2,1H3. The number of hydrogen-bond acceptors (Lipinski definition) is 4. The van der Waals surface area contributed by atoms with Crippen molar-refractivity contribution >= 4 is 11.9 Å². The molecule has 0 saturated carbocycles. The molecule has 0 saturated heterocycles. The molecule has 0 bridgehead atoms. The van der Waals surface area contributed by atoms with Gasteiger partial charge in [0.2, 0.25) is 0 Å². The van der Waals surface area contributed by atoms with Crippen LogP contribution in [0.3, 0.4) is 0 Å². The van der Waals surface area contributed by atoms with Crippen LogP contribution < -0.4 is 0 Å². The third-order valence-electron chi connectivity index (χ3n) is 2.07. The van der Waals surface area contributed by atoms with Crippen molar-refractivity contribution in [3.63, 3.8) is 0 Å². The second-order valence-electron chi connectivity index (χ2n) is 3.80. The molecule has 19 heavy (non-hydrogen) atoms. The fraction of sp³-hybridized carbons (Fsp3) is 0.600. The van der Waals surface area contributed by atoms with Crippen LogP contribution >= 0.6 is 0 Å². The van der Waals surface area contributed by atoms with Crippen LogP contribution in [0.15, 0.2) is 25.3 Å². The molecule has 0 fully saturated rings. The SMILES string of the molecule is C=CC(=O)OCCCC.C=CC(=O)OCCCCC. The Hall–Kier alpha value is -1.58. The van der Waals surface area contributed by atoms with E-state index in [1.165, 1.54) is 12.2 Å². The largest absolute Gasteiger partial charge is 0.463 e. The lowest BCUT2D eigenvalue weighted by Gasteiger charge is -1.98. The van der Waals surface area contributed by atoms with Crippen LogP contribution in [0.2, 0.25) is 0 Å². The van der Waals surface area contributed by atoms with Crippen molar-refractivity contribution in [3.05, 3.63) is 25.3 Å². The van der Waals surface area contributed by atoms with Crippen molar-refractivity contribution in [2.24, 2.45) is 0 Å². The smallest absolute Gasteiger partial charge is 0.330 e. The van der Waals surface area contributed by atoms with E-state index in [1.54, 1.807) is 0 Å². The molecule has 4 heteroatoms. The summed E-state index contributed by atoms with van der Waals surface area (Å²) in [6, 6.07) is 0. The zero-order chi connectivity index (χ0) is 14.9. The summed E-state index contributed by atoms with van der Waals surface area (Å²) in [5, 5.41) is 0. The molecule has 0 aromatic carbocycles. The number of rotatable bonds is 9. The third-order valence-corrected chi connectivity index (χ3v) is 2.07. The molecular weight excluding hydrogens is 244 g/mol. The number of unbranched alkanes of at least 4 members (excludes halogenated alkanes) is 3. The van der Waals surface area contributed by atoms with Crippen LogP contribution in [-0.4, -0.2) is 25.2 Å². The van der Waals surface area contributed by atoms with E-state index in [1.807, 2.05) is 6.92 Å². The molecule has 0 aliphatic carbocycles. The molecule has 0 spiro atoms. The van der Waals surface area contributed by atoms with Gasteiger partial charge in [0.25, 0.3) is 0 Å². The minimum atomic E-state index is -0.330. The van der Waals surface area contributed by atoms with Crippen molar-refractivity contribution in [1.82, 2.24) is 0 Å². The van der Waals surface area contributed by atoms with Crippen molar-refractivity contribution in [3.8, 4) is 0 Å². The monoisotopic (exact) mass is 270 g/mol. The second-order valence-corrected chi connectivity index (χ2v) is 3.80. The van der Waals surface area contributed by atoms with Gasteiger partial charge in [0.05, 0.1) is 13.2 Å². The summed E-state index contributed by atoms with van der Waals surface area (Å²) in [4.78, 5) is 20.8. The van der Waals surface area contributed by atoms with Gasteiger partial charge in [-0.1, -0.05) is 46.3 Å². The Labute approximate surface area is 116 Å². The Morgan fingerprint density at radius 2 is 1.26 bits per heavy atom. The summed E-state index contributed by atoms with van der Waals surface area (Å²) in [5.74, 6) is -0.653. The first-order chi connectivity index (χ1) is 9.12. The summed E-state index contributed by atoms with van der Waals surface area (Å²) < 4.78 is 9.41. The summed E-state index contributed by atoms with van der Waals surface area (Å²) in [5.41, 5.74) is 0. The van der Waals surface area contributed by atoms with Gasteiger partial charge in [-0.05, 0) is 12.8 Å². The van der Waals surface area contributed by atoms with Gasteiger partial charge in [0.15, 0.2) is 0 Å². The van der Waals surface area contributed by atoms with Gasteiger partial charge < -0.3 is 9.47 Å². The average molecular weight is 270 g/mol. The topological polar surface area (TPSA) is 52.6 Å². The molecule has 0 heterocycles. The molecule has 0 amide bonds. The van der Waals surface area contributed by atoms with E-state index in [4.69, 9.17) is 4.74 Å². The maximum absolute atomic E-state index is 10.4. The van der Waals surface area contributed by atoms with Gasteiger partial charge >= 0.3 is 11.9 Å². The van der Waals surface area contributed by atoms with E-state index in [9.17, 15) is 9.59 Å². The molecule has 110 valence electrons. The summed E-state index contributed by atoms with van der Waals surface area (Å²) in [6.07, 6.45) is 7.55.